The fourth-order valence-electron chi connectivity index (χ4n) is 2.88. The van der Waals surface area contributed by atoms with Crippen LogP contribution in [0.3, 0.4) is 0 Å². The number of fused-ring (bicyclic) bond motifs is 1. The summed E-state index contributed by atoms with van der Waals surface area (Å²) in [6, 6.07) is 0.134. The van der Waals surface area contributed by atoms with Crippen molar-refractivity contribution < 1.29 is 14.3 Å². The van der Waals surface area contributed by atoms with Crippen LogP contribution in [0.1, 0.15) is 36.7 Å². The highest BCUT2D eigenvalue weighted by atomic mass is 32.2. The van der Waals surface area contributed by atoms with Crippen LogP contribution in [0.4, 0.5) is 0 Å². The van der Waals surface area contributed by atoms with Crippen LogP contribution < -0.4 is 5.32 Å². The summed E-state index contributed by atoms with van der Waals surface area (Å²) < 4.78 is 6.76. The first kappa shape index (κ1) is 18.6. The molecule has 1 saturated carbocycles. The van der Waals surface area contributed by atoms with Crippen molar-refractivity contribution in [2.24, 2.45) is 5.92 Å². The normalized spacial score (nSPS) is 15.1. The number of aromatic nitrogens is 4. The van der Waals surface area contributed by atoms with Gasteiger partial charge in [0.25, 0.3) is 11.7 Å². The van der Waals surface area contributed by atoms with E-state index in [2.05, 4.69) is 20.4 Å². The van der Waals surface area contributed by atoms with Gasteiger partial charge in [-0.15, -0.1) is 5.10 Å². The van der Waals surface area contributed by atoms with Gasteiger partial charge in [-0.25, -0.2) is 9.50 Å². The second kappa shape index (κ2) is 7.61. The summed E-state index contributed by atoms with van der Waals surface area (Å²) in [5.41, 5.74) is 2.25. The molecule has 3 rings (SSSR count). The number of thioether (sulfide) groups is 1. The first-order valence-electron chi connectivity index (χ1n) is 8.61. The summed E-state index contributed by atoms with van der Waals surface area (Å²) in [5, 5.41) is 7.85. The first-order valence-corrected chi connectivity index (χ1v) is 9.83. The van der Waals surface area contributed by atoms with Gasteiger partial charge in [0.1, 0.15) is 0 Å². The Balaban J connectivity index is 1.62. The fraction of sp³-hybridized carbons (Fsp3) is 0.588. The highest BCUT2D eigenvalue weighted by Gasteiger charge is 2.29. The van der Waals surface area contributed by atoms with E-state index >= 15 is 0 Å². The Hall–Kier alpha value is -2.16. The minimum Gasteiger partial charge on any atom is -0.455 e. The number of hydrogen-bond acceptors (Lipinski definition) is 7. The van der Waals surface area contributed by atoms with Crippen molar-refractivity contribution in [1.82, 2.24) is 24.9 Å². The molecule has 0 unspecified atom stereocenters. The zero-order valence-corrected chi connectivity index (χ0v) is 16.2. The number of aryl methyl sites for hydroxylation is 2. The zero-order chi connectivity index (χ0) is 18.8. The van der Waals surface area contributed by atoms with Crippen LogP contribution in [0.2, 0.25) is 0 Å². The van der Waals surface area contributed by atoms with Crippen LogP contribution in [0, 0.1) is 19.8 Å². The van der Waals surface area contributed by atoms with Gasteiger partial charge in [-0.3, -0.25) is 9.59 Å². The average molecular weight is 377 g/mol. The molecule has 2 aromatic heterocycles. The lowest BCUT2D eigenvalue weighted by molar-refractivity contribution is -0.148. The Labute approximate surface area is 156 Å². The van der Waals surface area contributed by atoms with E-state index < -0.39 is 5.97 Å². The summed E-state index contributed by atoms with van der Waals surface area (Å²) in [5.74, 6) is 0.346. The number of rotatable bonds is 7. The van der Waals surface area contributed by atoms with Crippen LogP contribution >= 0.6 is 11.8 Å². The summed E-state index contributed by atoms with van der Waals surface area (Å²) in [4.78, 5) is 32.8. The largest absolute Gasteiger partial charge is 0.455 e. The van der Waals surface area contributed by atoms with E-state index in [0.717, 1.165) is 24.1 Å². The summed E-state index contributed by atoms with van der Waals surface area (Å²) in [7, 11) is 0. The van der Waals surface area contributed by atoms with Crippen molar-refractivity contribution in [2.75, 3.05) is 12.9 Å². The smallest absolute Gasteiger partial charge is 0.310 e. The molecule has 140 valence electrons. The molecule has 8 nitrogen and oxygen atoms in total. The van der Waals surface area contributed by atoms with E-state index in [4.69, 9.17) is 4.74 Å². The number of carbonyl (C=O) groups excluding carboxylic acids is 2. The number of nitrogens with zero attached hydrogens (tertiary/aromatic N) is 4. The Morgan fingerprint density at radius 3 is 2.73 bits per heavy atom. The SMILES string of the molecule is CSc1nc2nc(C)c(CC(=O)OCC(=O)N[C@H](C)C3CC3)c(C)n2n1. The highest BCUT2D eigenvalue weighted by molar-refractivity contribution is 7.98. The van der Waals surface area contributed by atoms with Gasteiger partial charge >= 0.3 is 5.97 Å². The van der Waals surface area contributed by atoms with Gasteiger partial charge in [0.05, 0.1) is 6.42 Å². The molecule has 0 radical (unpaired) electrons. The summed E-state index contributed by atoms with van der Waals surface area (Å²) in [6.45, 7) is 5.41. The predicted octanol–water partition coefficient (Wildman–Crippen LogP) is 1.46. The van der Waals surface area contributed by atoms with Crippen molar-refractivity contribution in [1.29, 1.82) is 0 Å². The number of hydrogen-bond donors (Lipinski definition) is 1. The number of esters is 1. The first-order chi connectivity index (χ1) is 12.4. The van der Waals surface area contributed by atoms with Crippen LogP contribution in [-0.2, 0) is 20.7 Å². The van der Waals surface area contributed by atoms with Gasteiger partial charge in [0.15, 0.2) is 6.61 Å². The molecule has 1 aliphatic carbocycles. The Bertz CT molecular complexity index is 847. The lowest BCUT2D eigenvalue weighted by Crippen LogP contribution is -2.37. The Kier molecular flexibility index (Phi) is 5.45. The van der Waals surface area contributed by atoms with Crippen LogP contribution in [0.15, 0.2) is 5.16 Å². The number of carbonyl (C=O) groups is 2. The van der Waals surface area contributed by atoms with Crippen LogP contribution in [0.25, 0.3) is 5.78 Å². The van der Waals surface area contributed by atoms with E-state index in [1.807, 2.05) is 27.0 Å². The van der Waals surface area contributed by atoms with Crippen molar-refractivity contribution in [3.8, 4) is 0 Å². The maximum atomic E-state index is 12.2. The maximum Gasteiger partial charge on any atom is 0.310 e. The summed E-state index contributed by atoms with van der Waals surface area (Å²) in [6.07, 6.45) is 4.23. The van der Waals surface area contributed by atoms with Crippen LogP contribution in [0.5, 0.6) is 0 Å². The second-order valence-electron chi connectivity index (χ2n) is 6.60. The molecule has 2 aromatic rings. The molecule has 0 aliphatic heterocycles. The number of amides is 1. The second-order valence-corrected chi connectivity index (χ2v) is 7.38. The predicted molar refractivity (Wildman–Crippen MR) is 97.0 cm³/mol. The van der Waals surface area contributed by atoms with E-state index in [-0.39, 0.29) is 25.0 Å². The Morgan fingerprint density at radius 2 is 2.08 bits per heavy atom. The van der Waals surface area contributed by atoms with Crippen molar-refractivity contribution in [3.63, 3.8) is 0 Å². The molecular formula is C17H23N5O3S. The van der Waals surface area contributed by atoms with E-state index in [9.17, 15) is 9.59 Å². The van der Waals surface area contributed by atoms with Gasteiger partial charge in [-0.1, -0.05) is 11.8 Å². The van der Waals surface area contributed by atoms with E-state index in [1.165, 1.54) is 11.8 Å². The molecule has 1 aliphatic rings. The quantitative estimate of drug-likeness (QED) is 0.576. The van der Waals surface area contributed by atoms with Crippen LogP contribution in [-0.4, -0.2) is 50.4 Å². The molecule has 0 bridgehead atoms. The van der Waals surface area contributed by atoms with Crippen molar-refractivity contribution in [2.45, 2.75) is 51.2 Å². The topological polar surface area (TPSA) is 98.5 Å². The van der Waals surface area contributed by atoms with Gasteiger partial charge in [-0.05, 0) is 45.8 Å². The fourth-order valence-corrected chi connectivity index (χ4v) is 3.22. The van der Waals surface area contributed by atoms with Gasteiger partial charge < -0.3 is 10.1 Å². The molecule has 0 spiro atoms. The Morgan fingerprint density at radius 1 is 1.35 bits per heavy atom. The third kappa shape index (κ3) is 4.14. The minimum atomic E-state index is -0.461. The molecule has 9 heteroatoms. The molecule has 1 amide bonds. The third-order valence-electron chi connectivity index (χ3n) is 4.62. The van der Waals surface area contributed by atoms with E-state index in [0.29, 0.717) is 22.5 Å². The molecule has 1 atom stereocenters. The third-order valence-corrected chi connectivity index (χ3v) is 5.15. The number of ether oxygens (including phenoxy) is 1. The molecule has 1 N–H and O–H groups in total. The molecule has 0 saturated heterocycles. The van der Waals surface area contributed by atoms with Gasteiger partial charge in [0.2, 0.25) is 5.16 Å². The summed E-state index contributed by atoms with van der Waals surface area (Å²) >= 11 is 1.43. The van der Waals surface area contributed by atoms with Crippen molar-refractivity contribution >= 4 is 29.4 Å². The molecule has 2 heterocycles. The highest BCUT2D eigenvalue weighted by Crippen LogP contribution is 2.32. The molecule has 26 heavy (non-hydrogen) atoms. The van der Waals surface area contributed by atoms with Gasteiger partial charge in [-0.2, -0.15) is 4.98 Å². The van der Waals surface area contributed by atoms with E-state index in [1.54, 1.807) is 4.52 Å². The lowest BCUT2D eigenvalue weighted by Gasteiger charge is -2.13. The molecular weight excluding hydrogens is 354 g/mol. The maximum absolute atomic E-state index is 12.2. The standard InChI is InChI=1S/C17H23N5O3S/c1-9(12-5-6-12)18-14(23)8-25-15(24)7-13-10(2)19-16-20-17(26-4)21-22(16)11(13)3/h9,12H,5-8H2,1-4H3,(H,18,23)/t9-/m1/s1. The van der Waals surface area contributed by atoms with Crippen molar-refractivity contribution in [3.05, 3.63) is 17.0 Å². The minimum absolute atomic E-state index is 0.0422. The zero-order valence-electron chi connectivity index (χ0n) is 15.4. The number of nitrogens with one attached hydrogen (secondary N) is 1. The monoisotopic (exact) mass is 377 g/mol. The lowest BCUT2D eigenvalue weighted by atomic mass is 10.1. The average Bonchev–Trinajstić information content (AvgIpc) is 3.37. The molecule has 1 fully saturated rings. The molecule has 0 aromatic carbocycles. The van der Waals surface area contributed by atoms with Gasteiger partial charge in [0, 0.05) is 23.0 Å².